The normalized spacial score (nSPS) is 10.8. The minimum atomic E-state index is -0.102. The van der Waals surface area contributed by atoms with Gasteiger partial charge >= 0.3 is 0 Å². The predicted octanol–water partition coefficient (Wildman–Crippen LogP) is 6.74. The van der Waals surface area contributed by atoms with Gasteiger partial charge in [-0.15, -0.1) is 11.3 Å². The summed E-state index contributed by atoms with van der Waals surface area (Å²) in [7, 11) is 3.08. The lowest BCUT2D eigenvalue weighted by atomic mass is 9.97. The molecule has 4 nitrogen and oxygen atoms in total. The van der Waals surface area contributed by atoms with Crippen molar-refractivity contribution >= 4 is 33.0 Å². The Labute approximate surface area is 191 Å². The lowest BCUT2D eigenvalue weighted by Gasteiger charge is -2.09. The van der Waals surface area contributed by atoms with Crippen molar-refractivity contribution in [2.75, 3.05) is 14.2 Å². The topological polar surface area (TPSA) is 52.6 Å². The molecular weight excluding hydrogens is 420 g/mol. The maximum Gasteiger partial charge on any atom is 0.163 e. The molecule has 0 spiro atoms. The Balaban J connectivity index is 1.50. The van der Waals surface area contributed by atoms with Gasteiger partial charge in [-0.2, -0.15) is 0 Å². The minimum Gasteiger partial charge on any atom is -0.493 e. The summed E-state index contributed by atoms with van der Waals surface area (Å²) in [4.78, 5) is 25.5. The molecule has 5 heteroatoms. The third-order valence-electron chi connectivity index (χ3n) is 5.58. The summed E-state index contributed by atoms with van der Waals surface area (Å²) in [6.07, 6.45) is 0.291. The minimum absolute atomic E-state index is 0.0450. The van der Waals surface area contributed by atoms with Crippen LogP contribution in [0.1, 0.15) is 39.1 Å². The third kappa shape index (κ3) is 4.30. The van der Waals surface area contributed by atoms with Crippen molar-refractivity contribution in [2.45, 2.75) is 19.8 Å². The van der Waals surface area contributed by atoms with Crippen molar-refractivity contribution in [3.05, 3.63) is 82.7 Å². The first-order chi connectivity index (χ1) is 15.5. The summed E-state index contributed by atoms with van der Waals surface area (Å²) in [5, 5.41) is 3.34. The highest BCUT2D eigenvalue weighted by atomic mass is 32.1. The fourth-order valence-corrected chi connectivity index (χ4v) is 4.87. The maximum atomic E-state index is 12.8. The molecule has 0 bridgehead atoms. The molecule has 0 amide bonds. The van der Waals surface area contributed by atoms with Gasteiger partial charge in [0.2, 0.25) is 0 Å². The van der Waals surface area contributed by atoms with Gasteiger partial charge in [0, 0.05) is 39.6 Å². The van der Waals surface area contributed by atoms with Crippen LogP contribution in [0.2, 0.25) is 0 Å². The van der Waals surface area contributed by atoms with Crippen LogP contribution in [-0.2, 0) is 0 Å². The molecule has 0 aliphatic heterocycles. The Hall–Kier alpha value is -3.44. The summed E-state index contributed by atoms with van der Waals surface area (Å²) >= 11 is 1.72. The molecule has 0 aliphatic carbocycles. The molecule has 0 saturated carbocycles. The lowest BCUT2D eigenvalue weighted by molar-refractivity contribution is 0.0917. The standard InChI is InChI=1S/C27H24O4S/c1-17-6-4-9-21-22(16-32-27(17)21)18-7-5-8-19(14-18)23(28)11-12-24(29)20-10-13-25(30-2)26(15-20)31-3/h4-10,13-16H,11-12H2,1-3H3. The zero-order valence-corrected chi connectivity index (χ0v) is 19.1. The second-order valence-corrected chi connectivity index (χ2v) is 8.48. The average molecular weight is 445 g/mol. The Morgan fingerprint density at radius 2 is 1.50 bits per heavy atom. The summed E-state index contributed by atoms with van der Waals surface area (Å²) in [6, 6.07) is 19.0. The van der Waals surface area contributed by atoms with Gasteiger partial charge in [0.15, 0.2) is 23.1 Å². The van der Waals surface area contributed by atoms with Crippen molar-refractivity contribution in [3.63, 3.8) is 0 Å². The van der Waals surface area contributed by atoms with Crippen LogP contribution in [0.3, 0.4) is 0 Å². The van der Waals surface area contributed by atoms with Crippen LogP contribution in [-0.4, -0.2) is 25.8 Å². The highest BCUT2D eigenvalue weighted by Gasteiger charge is 2.15. The molecular formula is C27H24O4S. The highest BCUT2D eigenvalue weighted by Crippen LogP contribution is 2.36. The van der Waals surface area contributed by atoms with E-state index in [4.69, 9.17) is 9.47 Å². The van der Waals surface area contributed by atoms with E-state index in [1.54, 1.807) is 36.6 Å². The van der Waals surface area contributed by atoms with E-state index in [1.165, 1.54) is 22.8 Å². The van der Waals surface area contributed by atoms with Gasteiger partial charge in [-0.1, -0.05) is 36.4 Å². The van der Waals surface area contributed by atoms with E-state index in [9.17, 15) is 9.59 Å². The first-order valence-corrected chi connectivity index (χ1v) is 11.3. The van der Waals surface area contributed by atoms with Crippen LogP contribution in [0.25, 0.3) is 21.2 Å². The number of ketones is 2. The van der Waals surface area contributed by atoms with Gasteiger partial charge in [0.1, 0.15) is 0 Å². The third-order valence-corrected chi connectivity index (χ3v) is 6.71. The number of ether oxygens (including phenoxy) is 2. The molecule has 4 rings (SSSR count). The molecule has 0 fully saturated rings. The fourth-order valence-electron chi connectivity index (χ4n) is 3.81. The van der Waals surface area contributed by atoms with Crippen molar-refractivity contribution in [3.8, 4) is 22.6 Å². The van der Waals surface area contributed by atoms with E-state index in [-0.39, 0.29) is 24.4 Å². The Kier molecular flexibility index (Phi) is 6.37. The predicted molar refractivity (Wildman–Crippen MR) is 129 cm³/mol. The van der Waals surface area contributed by atoms with E-state index in [2.05, 4.69) is 30.5 Å². The summed E-state index contributed by atoms with van der Waals surface area (Å²) in [6.45, 7) is 2.11. The Morgan fingerprint density at radius 3 is 2.22 bits per heavy atom. The number of aryl methyl sites for hydroxylation is 1. The van der Waals surface area contributed by atoms with Gasteiger partial charge in [0.05, 0.1) is 14.2 Å². The number of benzene rings is 3. The zero-order valence-electron chi connectivity index (χ0n) is 18.3. The van der Waals surface area contributed by atoms with E-state index in [0.29, 0.717) is 22.6 Å². The molecule has 0 N–H and O–H groups in total. The number of hydrogen-bond acceptors (Lipinski definition) is 5. The summed E-state index contributed by atoms with van der Waals surface area (Å²) < 4.78 is 11.7. The number of methoxy groups -OCH3 is 2. The van der Waals surface area contributed by atoms with Gasteiger partial charge in [-0.25, -0.2) is 0 Å². The van der Waals surface area contributed by atoms with E-state index in [1.807, 2.05) is 24.3 Å². The van der Waals surface area contributed by atoms with Crippen LogP contribution in [0.4, 0.5) is 0 Å². The molecule has 0 aliphatic rings. The smallest absolute Gasteiger partial charge is 0.163 e. The number of carbonyl (C=O) groups is 2. The average Bonchev–Trinajstić information content (AvgIpc) is 3.27. The summed E-state index contributed by atoms with van der Waals surface area (Å²) in [5.41, 5.74) is 4.52. The molecule has 0 atom stereocenters. The summed E-state index contributed by atoms with van der Waals surface area (Å²) in [5.74, 6) is 0.912. The van der Waals surface area contributed by atoms with Crippen LogP contribution in [0, 0.1) is 6.92 Å². The first-order valence-electron chi connectivity index (χ1n) is 10.4. The fraction of sp³-hybridized carbons (Fsp3) is 0.185. The van der Waals surface area contributed by atoms with E-state index < -0.39 is 0 Å². The van der Waals surface area contributed by atoms with Crippen molar-refractivity contribution in [1.82, 2.24) is 0 Å². The SMILES string of the molecule is COc1ccc(C(=O)CCC(=O)c2cccc(-c3csc4c(C)cccc34)c2)cc1OC. The number of carbonyl (C=O) groups excluding carboxylic acids is 2. The largest absolute Gasteiger partial charge is 0.493 e. The van der Waals surface area contributed by atoms with Crippen LogP contribution < -0.4 is 9.47 Å². The van der Waals surface area contributed by atoms with Crippen LogP contribution in [0.5, 0.6) is 11.5 Å². The second-order valence-electron chi connectivity index (χ2n) is 7.60. The molecule has 0 saturated heterocycles. The lowest BCUT2D eigenvalue weighted by Crippen LogP contribution is -2.06. The van der Waals surface area contributed by atoms with Gasteiger partial charge in [-0.05, 0) is 47.7 Å². The second kappa shape index (κ2) is 9.37. The van der Waals surface area contributed by atoms with Crippen molar-refractivity contribution in [2.24, 2.45) is 0 Å². The van der Waals surface area contributed by atoms with E-state index in [0.717, 1.165) is 11.1 Å². The van der Waals surface area contributed by atoms with Gasteiger partial charge < -0.3 is 9.47 Å². The van der Waals surface area contributed by atoms with Crippen LogP contribution in [0.15, 0.2) is 66.0 Å². The molecule has 1 heterocycles. The monoisotopic (exact) mass is 444 g/mol. The number of Topliss-reactive ketones (excluding diaryl/α,β-unsaturated/α-hetero) is 2. The van der Waals surface area contributed by atoms with E-state index >= 15 is 0 Å². The van der Waals surface area contributed by atoms with Crippen LogP contribution >= 0.6 is 11.3 Å². The molecule has 0 unspecified atom stereocenters. The highest BCUT2D eigenvalue weighted by molar-refractivity contribution is 7.18. The molecule has 0 radical (unpaired) electrons. The Bertz CT molecular complexity index is 1300. The maximum absolute atomic E-state index is 12.8. The van der Waals surface area contributed by atoms with Gasteiger partial charge in [0.25, 0.3) is 0 Å². The van der Waals surface area contributed by atoms with Crippen molar-refractivity contribution in [1.29, 1.82) is 0 Å². The number of thiophene rings is 1. The molecule has 32 heavy (non-hydrogen) atoms. The number of fused-ring (bicyclic) bond motifs is 1. The Morgan fingerprint density at radius 1 is 0.812 bits per heavy atom. The molecule has 4 aromatic rings. The first kappa shape index (κ1) is 21.8. The van der Waals surface area contributed by atoms with Gasteiger partial charge in [-0.3, -0.25) is 9.59 Å². The number of rotatable bonds is 8. The molecule has 1 aromatic heterocycles. The van der Waals surface area contributed by atoms with Crippen molar-refractivity contribution < 1.29 is 19.1 Å². The number of hydrogen-bond donors (Lipinski definition) is 0. The molecule has 3 aromatic carbocycles. The zero-order chi connectivity index (χ0) is 22.7. The quantitative estimate of drug-likeness (QED) is 0.282. The molecule has 162 valence electrons.